The van der Waals surface area contributed by atoms with Crippen molar-refractivity contribution in [3.63, 3.8) is 0 Å². The molecule has 3 nitrogen and oxygen atoms in total. The van der Waals surface area contributed by atoms with Crippen LogP contribution in [0.4, 0.5) is 0 Å². The fourth-order valence-electron chi connectivity index (χ4n) is 1.35. The van der Waals surface area contributed by atoms with Gasteiger partial charge in [-0.2, -0.15) is 5.26 Å². The van der Waals surface area contributed by atoms with Crippen LogP contribution in [-0.4, -0.2) is 4.98 Å². The van der Waals surface area contributed by atoms with E-state index in [4.69, 9.17) is 21.6 Å². The lowest BCUT2D eigenvalue weighted by atomic mass is 10.2. The minimum absolute atomic E-state index is 0.400. The summed E-state index contributed by atoms with van der Waals surface area (Å²) >= 11 is 5.76. The second kappa shape index (κ2) is 5.33. The molecule has 0 spiro atoms. The number of hydrogen-bond acceptors (Lipinski definition) is 3. The van der Waals surface area contributed by atoms with Crippen molar-refractivity contribution in [3.8, 4) is 11.8 Å². The lowest BCUT2D eigenvalue weighted by Gasteiger charge is -2.06. The number of ether oxygens (including phenoxy) is 1. The summed E-state index contributed by atoms with van der Waals surface area (Å²) in [6.07, 6.45) is 1.63. The van der Waals surface area contributed by atoms with Crippen LogP contribution in [0, 0.1) is 11.3 Å². The van der Waals surface area contributed by atoms with Crippen molar-refractivity contribution in [1.29, 1.82) is 5.26 Å². The summed E-state index contributed by atoms with van der Waals surface area (Å²) in [4.78, 5) is 3.89. The molecular formula is C13H9ClN2O. The van der Waals surface area contributed by atoms with E-state index in [2.05, 4.69) is 11.1 Å². The van der Waals surface area contributed by atoms with Crippen molar-refractivity contribution in [1.82, 2.24) is 4.98 Å². The quantitative estimate of drug-likeness (QED) is 0.779. The summed E-state index contributed by atoms with van der Waals surface area (Å²) in [5.41, 5.74) is 1.52. The van der Waals surface area contributed by atoms with Crippen LogP contribution in [0.2, 0.25) is 5.15 Å². The molecule has 0 fully saturated rings. The van der Waals surface area contributed by atoms with Gasteiger partial charge in [0.1, 0.15) is 17.5 Å². The Kier molecular flexibility index (Phi) is 3.59. The molecule has 0 radical (unpaired) electrons. The first-order valence-electron chi connectivity index (χ1n) is 5.01. The zero-order chi connectivity index (χ0) is 12.1. The van der Waals surface area contributed by atoms with E-state index < -0.39 is 0 Å². The average Bonchev–Trinajstić information content (AvgIpc) is 2.37. The van der Waals surface area contributed by atoms with Gasteiger partial charge in [0, 0.05) is 6.20 Å². The zero-order valence-electron chi connectivity index (χ0n) is 8.93. The Hall–Kier alpha value is -2.05. The molecule has 0 saturated heterocycles. The van der Waals surface area contributed by atoms with Crippen molar-refractivity contribution >= 4 is 11.6 Å². The maximum atomic E-state index is 8.75. The first-order chi connectivity index (χ1) is 8.28. The van der Waals surface area contributed by atoms with E-state index >= 15 is 0 Å². The highest BCUT2D eigenvalue weighted by Gasteiger charge is 1.98. The highest BCUT2D eigenvalue weighted by atomic mass is 35.5. The van der Waals surface area contributed by atoms with E-state index in [1.54, 1.807) is 30.5 Å². The average molecular weight is 245 g/mol. The Morgan fingerprint density at radius 1 is 1.29 bits per heavy atom. The van der Waals surface area contributed by atoms with Gasteiger partial charge in [-0.25, -0.2) is 4.98 Å². The molecule has 0 aliphatic carbocycles. The zero-order valence-corrected chi connectivity index (χ0v) is 9.69. The van der Waals surface area contributed by atoms with Crippen molar-refractivity contribution in [3.05, 3.63) is 58.9 Å². The van der Waals surface area contributed by atoms with Crippen molar-refractivity contribution in [2.45, 2.75) is 6.61 Å². The van der Waals surface area contributed by atoms with Gasteiger partial charge < -0.3 is 4.74 Å². The molecule has 84 valence electrons. The molecule has 2 aromatic rings. The number of halogens is 1. The maximum Gasteiger partial charge on any atom is 0.129 e. The highest BCUT2D eigenvalue weighted by molar-refractivity contribution is 6.29. The molecule has 1 heterocycles. The van der Waals surface area contributed by atoms with Crippen molar-refractivity contribution in [2.24, 2.45) is 0 Å². The SMILES string of the molecule is N#Cc1cccc(OCc2ccnc(Cl)c2)c1. The minimum Gasteiger partial charge on any atom is -0.489 e. The normalized spacial score (nSPS) is 9.65. The van der Waals surface area contributed by atoms with Gasteiger partial charge in [-0.1, -0.05) is 17.7 Å². The molecule has 0 atom stereocenters. The van der Waals surface area contributed by atoms with Gasteiger partial charge in [0.05, 0.1) is 11.6 Å². The third-order valence-electron chi connectivity index (χ3n) is 2.16. The summed E-state index contributed by atoms with van der Waals surface area (Å²) in [6.45, 7) is 0.400. The summed E-state index contributed by atoms with van der Waals surface area (Å²) < 4.78 is 5.55. The van der Waals surface area contributed by atoms with Crippen LogP contribution in [0.5, 0.6) is 5.75 Å². The first kappa shape index (κ1) is 11.4. The van der Waals surface area contributed by atoms with Crippen LogP contribution in [0.25, 0.3) is 0 Å². The highest BCUT2D eigenvalue weighted by Crippen LogP contribution is 2.15. The smallest absolute Gasteiger partial charge is 0.129 e. The predicted molar refractivity (Wildman–Crippen MR) is 64.7 cm³/mol. The molecule has 17 heavy (non-hydrogen) atoms. The Bertz CT molecular complexity index is 563. The molecule has 0 N–H and O–H groups in total. The number of pyridine rings is 1. The largest absolute Gasteiger partial charge is 0.489 e. The standard InChI is InChI=1S/C13H9ClN2O/c14-13-7-11(4-5-16-13)9-17-12-3-1-2-10(6-12)8-15/h1-7H,9H2. The number of nitrogens with zero attached hydrogens (tertiary/aromatic N) is 2. The fraction of sp³-hybridized carbons (Fsp3) is 0.0769. The third-order valence-corrected chi connectivity index (χ3v) is 2.37. The summed E-state index contributed by atoms with van der Waals surface area (Å²) in [5.74, 6) is 0.664. The van der Waals surface area contributed by atoms with Gasteiger partial charge in [-0.3, -0.25) is 0 Å². The minimum atomic E-state index is 0.400. The third kappa shape index (κ3) is 3.20. The molecule has 2 rings (SSSR count). The fourth-order valence-corrected chi connectivity index (χ4v) is 1.55. The van der Waals surface area contributed by atoms with Crippen LogP contribution >= 0.6 is 11.6 Å². The molecule has 0 aliphatic rings. The molecular weight excluding hydrogens is 236 g/mol. The summed E-state index contributed by atoms with van der Waals surface area (Å²) in [7, 11) is 0. The van der Waals surface area contributed by atoms with Crippen LogP contribution in [0.3, 0.4) is 0 Å². The number of hydrogen-bond donors (Lipinski definition) is 0. The Balaban J connectivity index is 2.05. The van der Waals surface area contributed by atoms with Crippen LogP contribution in [0.1, 0.15) is 11.1 Å². The number of rotatable bonds is 3. The van der Waals surface area contributed by atoms with Gasteiger partial charge in [-0.15, -0.1) is 0 Å². The lowest BCUT2D eigenvalue weighted by molar-refractivity contribution is 0.306. The Labute approximate surface area is 104 Å². The van der Waals surface area contributed by atoms with E-state index in [9.17, 15) is 0 Å². The van der Waals surface area contributed by atoms with Gasteiger partial charge in [0.25, 0.3) is 0 Å². The number of nitriles is 1. The number of aromatic nitrogens is 1. The molecule has 0 unspecified atom stereocenters. The van der Waals surface area contributed by atoms with Crippen LogP contribution in [-0.2, 0) is 6.61 Å². The van der Waals surface area contributed by atoms with Gasteiger partial charge in [-0.05, 0) is 35.9 Å². The maximum absolute atomic E-state index is 8.75. The Morgan fingerprint density at radius 2 is 2.18 bits per heavy atom. The molecule has 0 aliphatic heterocycles. The molecule has 0 bridgehead atoms. The van der Waals surface area contributed by atoms with Gasteiger partial charge in [0.2, 0.25) is 0 Å². The molecule has 1 aromatic carbocycles. The van der Waals surface area contributed by atoms with Gasteiger partial charge >= 0.3 is 0 Å². The molecule has 4 heteroatoms. The number of benzene rings is 1. The van der Waals surface area contributed by atoms with E-state index in [-0.39, 0.29) is 0 Å². The lowest BCUT2D eigenvalue weighted by Crippen LogP contribution is -1.95. The summed E-state index contributed by atoms with van der Waals surface area (Å²) in [5, 5.41) is 9.19. The topological polar surface area (TPSA) is 45.9 Å². The van der Waals surface area contributed by atoms with Crippen LogP contribution in [0.15, 0.2) is 42.6 Å². The van der Waals surface area contributed by atoms with E-state index in [1.165, 1.54) is 0 Å². The monoisotopic (exact) mass is 244 g/mol. The van der Waals surface area contributed by atoms with Crippen LogP contribution < -0.4 is 4.74 Å². The van der Waals surface area contributed by atoms with Crippen molar-refractivity contribution < 1.29 is 4.74 Å². The van der Waals surface area contributed by atoms with E-state index in [1.807, 2.05) is 12.1 Å². The molecule has 1 aromatic heterocycles. The second-order valence-electron chi connectivity index (χ2n) is 3.42. The molecule has 0 amide bonds. The first-order valence-corrected chi connectivity index (χ1v) is 5.39. The summed E-state index contributed by atoms with van der Waals surface area (Å²) in [6, 6.07) is 12.7. The Morgan fingerprint density at radius 3 is 2.94 bits per heavy atom. The van der Waals surface area contributed by atoms with Crippen molar-refractivity contribution in [2.75, 3.05) is 0 Å². The van der Waals surface area contributed by atoms with E-state index in [0.717, 1.165) is 5.56 Å². The predicted octanol–water partition coefficient (Wildman–Crippen LogP) is 3.19. The second-order valence-corrected chi connectivity index (χ2v) is 3.80. The molecule has 0 saturated carbocycles. The van der Waals surface area contributed by atoms with E-state index in [0.29, 0.717) is 23.1 Å². The van der Waals surface area contributed by atoms with Gasteiger partial charge in [0.15, 0.2) is 0 Å².